The van der Waals surface area contributed by atoms with Crippen LogP contribution in [0.25, 0.3) is 0 Å². The second-order valence-corrected chi connectivity index (χ2v) is 6.62. The van der Waals surface area contributed by atoms with Crippen LogP contribution in [0.5, 0.6) is 0 Å². The lowest BCUT2D eigenvalue weighted by Gasteiger charge is -2.48. The van der Waals surface area contributed by atoms with Crippen LogP contribution in [0.1, 0.15) is 44.9 Å². The maximum atomic E-state index is 12.3. The molecule has 4 rings (SSSR count). The molecule has 18 heavy (non-hydrogen) atoms. The van der Waals surface area contributed by atoms with Crippen molar-refractivity contribution in [3.05, 3.63) is 5.21 Å². The lowest BCUT2D eigenvalue weighted by atomic mass is 9.74. The van der Waals surface area contributed by atoms with Gasteiger partial charge in [-0.2, -0.15) is 0 Å². The summed E-state index contributed by atoms with van der Waals surface area (Å²) in [7, 11) is 0. The first-order chi connectivity index (χ1) is 8.77. The molecule has 0 bridgehead atoms. The molecular formula is C14H22N2O2. The van der Waals surface area contributed by atoms with Crippen LogP contribution >= 0.6 is 0 Å². The van der Waals surface area contributed by atoms with Crippen LogP contribution in [0.15, 0.2) is 0 Å². The molecule has 6 unspecified atom stereocenters. The number of hydroxylamine groups is 2. The van der Waals surface area contributed by atoms with E-state index in [2.05, 4.69) is 4.90 Å². The minimum Gasteiger partial charge on any atom is -0.634 e. The van der Waals surface area contributed by atoms with Gasteiger partial charge in [-0.3, -0.25) is 4.79 Å². The molecule has 0 aromatic carbocycles. The molecule has 3 heterocycles. The van der Waals surface area contributed by atoms with Gasteiger partial charge in [0.1, 0.15) is 6.04 Å². The lowest BCUT2D eigenvalue weighted by Crippen LogP contribution is -3.15. The SMILES string of the molecule is O=C1CCC2C3C(CC[NH+]2[O-])C2CCCCC2N13. The van der Waals surface area contributed by atoms with Crippen LogP contribution in [0.2, 0.25) is 0 Å². The number of nitrogens with zero attached hydrogens (tertiary/aromatic N) is 1. The van der Waals surface area contributed by atoms with Crippen molar-refractivity contribution in [1.82, 2.24) is 4.90 Å². The van der Waals surface area contributed by atoms with Crippen LogP contribution in [0, 0.1) is 17.0 Å². The molecule has 1 aliphatic carbocycles. The summed E-state index contributed by atoms with van der Waals surface area (Å²) in [6.07, 6.45) is 7.55. The van der Waals surface area contributed by atoms with E-state index in [4.69, 9.17) is 0 Å². The Labute approximate surface area is 108 Å². The Morgan fingerprint density at radius 2 is 1.94 bits per heavy atom. The molecule has 6 atom stereocenters. The predicted octanol–water partition coefficient (Wildman–Crippen LogP) is 0.321. The Morgan fingerprint density at radius 3 is 2.83 bits per heavy atom. The van der Waals surface area contributed by atoms with Gasteiger partial charge in [0.25, 0.3) is 0 Å². The Hall–Kier alpha value is -0.610. The summed E-state index contributed by atoms with van der Waals surface area (Å²) in [6.45, 7) is 0.775. The van der Waals surface area contributed by atoms with Gasteiger partial charge in [-0.1, -0.05) is 12.8 Å². The first-order valence-corrected chi connectivity index (χ1v) is 7.61. The Bertz CT molecular complexity index is 373. The van der Waals surface area contributed by atoms with Gasteiger partial charge in [0.2, 0.25) is 5.91 Å². The molecule has 3 aliphatic heterocycles. The standard InChI is InChI=1S/C14H22N2O2/c17-13-6-5-12-14-10(7-8-15(12)18)9-3-1-2-4-11(9)16(13)14/h9-12,14-15H,1-8H2. The number of rotatable bonds is 0. The fraction of sp³-hybridized carbons (Fsp3) is 0.929. The van der Waals surface area contributed by atoms with E-state index in [0.29, 0.717) is 41.3 Å². The maximum absolute atomic E-state index is 12.3. The van der Waals surface area contributed by atoms with Crippen molar-refractivity contribution in [3.8, 4) is 0 Å². The number of fused-ring (bicyclic) bond motifs is 3. The molecule has 4 aliphatic rings. The van der Waals surface area contributed by atoms with E-state index in [9.17, 15) is 10.0 Å². The molecular weight excluding hydrogens is 228 g/mol. The average molecular weight is 250 g/mol. The molecule has 0 aromatic rings. The summed E-state index contributed by atoms with van der Waals surface area (Å²) in [5, 5.41) is 12.6. The second-order valence-electron chi connectivity index (χ2n) is 6.62. The van der Waals surface area contributed by atoms with Gasteiger partial charge in [0.15, 0.2) is 0 Å². The quantitative estimate of drug-likeness (QED) is 0.630. The molecule has 4 heteroatoms. The van der Waals surface area contributed by atoms with Crippen molar-refractivity contribution in [2.75, 3.05) is 6.54 Å². The normalized spacial score (nSPS) is 50.9. The number of carbonyl (C=O) groups is 1. The number of piperidine rings is 2. The second kappa shape index (κ2) is 3.94. The molecule has 4 fully saturated rings. The van der Waals surface area contributed by atoms with Gasteiger partial charge < -0.3 is 15.2 Å². The minimum atomic E-state index is 0.187. The summed E-state index contributed by atoms with van der Waals surface area (Å²) in [4.78, 5) is 14.5. The topological polar surface area (TPSA) is 47.8 Å². The lowest BCUT2D eigenvalue weighted by molar-refractivity contribution is -0.886. The van der Waals surface area contributed by atoms with Gasteiger partial charge in [-0.25, -0.2) is 0 Å². The molecule has 0 radical (unpaired) electrons. The van der Waals surface area contributed by atoms with Crippen molar-refractivity contribution in [3.63, 3.8) is 0 Å². The Kier molecular flexibility index (Phi) is 2.46. The monoisotopic (exact) mass is 250 g/mol. The summed E-state index contributed by atoms with van der Waals surface area (Å²) >= 11 is 0. The fourth-order valence-electron chi connectivity index (χ4n) is 5.32. The number of hydrogen-bond donors (Lipinski definition) is 1. The predicted molar refractivity (Wildman–Crippen MR) is 66.7 cm³/mol. The third-order valence-electron chi connectivity index (χ3n) is 5.96. The first kappa shape index (κ1) is 11.2. The zero-order chi connectivity index (χ0) is 12.3. The molecule has 4 nitrogen and oxygen atoms in total. The largest absolute Gasteiger partial charge is 0.634 e. The van der Waals surface area contributed by atoms with E-state index in [1.54, 1.807) is 0 Å². The van der Waals surface area contributed by atoms with E-state index in [0.717, 1.165) is 19.4 Å². The molecule has 1 saturated carbocycles. The Morgan fingerprint density at radius 1 is 1.11 bits per heavy atom. The highest BCUT2D eigenvalue weighted by Crippen LogP contribution is 2.48. The summed E-state index contributed by atoms with van der Waals surface area (Å²) < 4.78 is 0. The molecule has 1 amide bonds. The maximum Gasteiger partial charge on any atom is 0.223 e. The number of nitrogens with one attached hydrogen (secondary N) is 1. The minimum absolute atomic E-state index is 0.187. The van der Waals surface area contributed by atoms with Gasteiger partial charge in [-0.15, -0.1) is 0 Å². The van der Waals surface area contributed by atoms with Crippen molar-refractivity contribution < 1.29 is 9.86 Å². The zero-order valence-electron chi connectivity index (χ0n) is 10.8. The third kappa shape index (κ3) is 1.36. The van der Waals surface area contributed by atoms with E-state index in [-0.39, 0.29) is 6.04 Å². The molecule has 0 aromatic heterocycles. The van der Waals surface area contributed by atoms with E-state index in [1.807, 2.05) is 0 Å². The van der Waals surface area contributed by atoms with Crippen LogP contribution in [0.3, 0.4) is 0 Å². The zero-order valence-corrected chi connectivity index (χ0v) is 10.8. The Balaban J connectivity index is 1.73. The van der Waals surface area contributed by atoms with Crippen molar-refractivity contribution in [2.24, 2.45) is 11.8 Å². The highest BCUT2D eigenvalue weighted by Gasteiger charge is 2.58. The van der Waals surface area contributed by atoms with Crippen molar-refractivity contribution in [2.45, 2.75) is 63.1 Å². The highest BCUT2D eigenvalue weighted by atomic mass is 16.5. The van der Waals surface area contributed by atoms with E-state index >= 15 is 0 Å². The molecule has 1 N–H and O–H groups in total. The molecule has 100 valence electrons. The van der Waals surface area contributed by atoms with Crippen LogP contribution < -0.4 is 5.06 Å². The number of quaternary nitrogens is 1. The van der Waals surface area contributed by atoms with Gasteiger partial charge >= 0.3 is 0 Å². The first-order valence-electron chi connectivity index (χ1n) is 7.61. The number of hydrogen-bond acceptors (Lipinski definition) is 2. The highest BCUT2D eigenvalue weighted by molar-refractivity contribution is 5.78. The summed E-state index contributed by atoms with van der Waals surface area (Å²) in [5.41, 5.74) is 0. The smallest absolute Gasteiger partial charge is 0.223 e. The number of amides is 1. The van der Waals surface area contributed by atoms with Crippen molar-refractivity contribution in [1.29, 1.82) is 0 Å². The third-order valence-corrected chi connectivity index (χ3v) is 5.96. The summed E-state index contributed by atoms with van der Waals surface area (Å²) in [5.74, 6) is 1.69. The van der Waals surface area contributed by atoms with Crippen molar-refractivity contribution >= 4 is 5.91 Å². The fourth-order valence-corrected chi connectivity index (χ4v) is 5.32. The number of carbonyl (C=O) groups excluding carboxylic acids is 1. The van der Waals surface area contributed by atoms with Gasteiger partial charge in [0.05, 0.1) is 12.6 Å². The van der Waals surface area contributed by atoms with Crippen LogP contribution in [-0.4, -0.2) is 35.5 Å². The van der Waals surface area contributed by atoms with Crippen LogP contribution in [0.4, 0.5) is 0 Å². The van der Waals surface area contributed by atoms with Gasteiger partial charge in [-0.05, 0) is 24.7 Å². The molecule has 0 spiro atoms. The van der Waals surface area contributed by atoms with Crippen LogP contribution in [-0.2, 0) is 4.79 Å². The summed E-state index contributed by atoms with van der Waals surface area (Å²) in [6, 6.07) is 0.961. The molecule has 3 saturated heterocycles. The average Bonchev–Trinajstić information content (AvgIpc) is 2.72. The van der Waals surface area contributed by atoms with E-state index in [1.165, 1.54) is 25.7 Å². The van der Waals surface area contributed by atoms with E-state index < -0.39 is 0 Å². The van der Waals surface area contributed by atoms with Gasteiger partial charge in [0, 0.05) is 25.3 Å².